The first kappa shape index (κ1) is 11.5. The summed E-state index contributed by atoms with van der Waals surface area (Å²) < 4.78 is 1.88. The molecule has 1 aromatic heterocycles. The summed E-state index contributed by atoms with van der Waals surface area (Å²) in [5.41, 5.74) is 2.12. The zero-order valence-electron chi connectivity index (χ0n) is 9.26. The minimum absolute atomic E-state index is 0.564. The van der Waals surface area contributed by atoms with Gasteiger partial charge in [0, 0.05) is 18.7 Å². The van der Waals surface area contributed by atoms with E-state index in [0.29, 0.717) is 5.92 Å². The highest BCUT2D eigenvalue weighted by Gasteiger charge is 2.12. The number of hydrogen-bond donors (Lipinski definition) is 1. The number of nitrogens with one attached hydrogen (secondary N) is 1. The Balaban J connectivity index is 2.92. The van der Waals surface area contributed by atoms with Crippen LogP contribution in [-0.4, -0.2) is 16.8 Å². The monoisotopic (exact) mass is 215 g/mol. The summed E-state index contributed by atoms with van der Waals surface area (Å²) in [5.74, 6) is 0.564. The van der Waals surface area contributed by atoms with E-state index in [1.54, 1.807) is 0 Å². The fourth-order valence-electron chi connectivity index (χ4n) is 1.43. The molecule has 0 unspecified atom stereocenters. The molecule has 80 valence electrons. The summed E-state index contributed by atoms with van der Waals surface area (Å²) in [6.07, 6.45) is 0. The number of nitrogens with zero attached hydrogens (tertiary/aromatic N) is 2. The van der Waals surface area contributed by atoms with Crippen molar-refractivity contribution in [2.75, 3.05) is 7.05 Å². The van der Waals surface area contributed by atoms with Gasteiger partial charge in [0.2, 0.25) is 0 Å². The maximum Gasteiger partial charge on any atom is 0.131 e. The lowest BCUT2D eigenvalue weighted by Crippen LogP contribution is -2.08. The standard InChI is InChI=1S/C10H18ClN3/c1-7(2)6-14-10(11)9(5-12-4)8(3)13-14/h7,12H,5-6H2,1-4H3. The Kier molecular flexibility index (Phi) is 3.96. The van der Waals surface area contributed by atoms with E-state index in [2.05, 4.69) is 24.3 Å². The van der Waals surface area contributed by atoms with E-state index < -0.39 is 0 Å². The molecule has 0 bridgehead atoms. The Morgan fingerprint density at radius 2 is 2.14 bits per heavy atom. The Hall–Kier alpha value is -0.540. The molecule has 1 rings (SSSR count). The van der Waals surface area contributed by atoms with Crippen LogP contribution in [0, 0.1) is 12.8 Å². The van der Waals surface area contributed by atoms with Crippen LogP contribution < -0.4 is 5.32 Å². The predicted octanol–water partition coefficient (Wildman–Crippen LogP) is 2.22. The quantitative estimate of drug-likeness (QED) is 0.835. The fourth-order valence-corrected chi connectivity index (χ4v) is 1.75. The van der Waals surface area contributed by atoms with Crippen LogP contribution in [0.5, 0.6) is 0 Å². The van der Waals surface area contributed by atoms with Gasteiger partial charge in [-0.15, -0.1) is 0 Å². The third-order valence-corrected chi connectivity index (χ3v) is 2.50. The van der Waals surface area contributed by atoms with Crippen LogP contribution in [0.2, 0.25) is 5.15 Å². The first-order valence-electron chi connectivity index (χ1n) is 4.92. The molecule has 0 amide bonds. The largest absolute Gasteiger partial charge is 0.316 e. The third-order valence-electron chi connectivity index (χ3n) is 2.07. The average molecular weight is 216 g/mol. The first-order valence-corrected chi connectivity index (χ1v) is 5.30. The van der Waals surface area contributed by atoms with Crippen LogP contribution in [0.15, 0.2) is 0 Å². The van der Waals surface area contributed by atoms with Crippen molar-refractivity contribution in [3.8, 4) is 0 Å². The maximum atomic E-state index is 6.21. The van der Waals surface area contributed by atoms with Crippen molar-refractivity contribution < 1.29 is 0 Å². The molecule has 1 aromatic rings. The van der Waals surface area contributed by atoms with Gasteiger partial charge in [-0.1, -0.05) is 25.4 Å². The second-order valence-corrected chi connectivity index (χ2v) is 4.32. The van der Waals surface area contributed by atoms with Gasteiger partial charge < -0.3 is 5.32 Å². The molecule has 0 aliphatic carbocycles. The van der Waals surface area contributed by atoms with Gasteiger partial charge in [-0.05, 0) is 19.9 Å². The van der Waals surface area contributed by atoms with Gasteiger partial charge in [0.1, 0.15) is 5.15 Å². The first-order chi connectivity index (χ1) is 6.56. The summed E-state index contributed by atoms with van der Waals surface area (Å²) in [7, 11) is 1.91. The second-order valence-electron chi connectivity index (χ2n) is 3.96. The second kappa shape index (κ2) is 4.80. The molecule has 0 fully saturated rings. The third kappa shape index (κ3) is 2.49. The molecule has 1 heterocycles. The van der Waals surface area contributed by atoms with Crippen molar-refractivity contribution in [2.45, 2.75) is 33.9 Å². The van der Waals surface area contributed by atoms with E-state index in [1.807, 2.05) is 18.7 Å². The zero-order chi connectivity index (χ0) is 10.7. The van der Waals surface area contributed by atoms with Crippen LogP contribution in [-0.2, 0) is 13.1 Å². The Morgan fingerprint density at radius 1 is 1.50 bits per heavy atom. The van der Waals surface area contributed by atoms with Crippen molar-refractivity contribution in [2.24, 2.45) is 5.92 Å². The van der Waals surface area contributed by atoms with Crippen molar-refractivity contribution in [1.29, 1.82) is 0 Å². The molecule has 0 aliphatic rings. The van der Waals surface area contributed by atoms with Crippen LogP contribution >= 0.6 is 11.6 Å². The Labute approximate surface area is 90.4 Å². The van der Waals surface area contributed by atoms with E-state index in [1.165, 1.54) is 0 Å². The molecular weight excluding hydrogens is 198 g/mol. The van der Waals surface area contributed by atoms with E-state index in [4.69, 9.17) is 11.6 Å². The van der Waals surface area contributed by atoms with Crippen molar-refractivity contribution in [1.82, 2.24) is 15.1 Å². The topological polar surface area (TPSA) is 29.9 Å². The normalized spacial score (nSPS) is 11.3. The highest BCUT2D eigenvalue weighted by Crippen LogP contribution is 2.20. The van der Waals surface area contributed by atoms with Gasteiger partial charge in [0.25, 0.3) is 0 Å². The zero-order valence-corrected chi connectivity index (χ0v) is 10.0. The predicted molar refractivity (Wildman–Crippen MR) is 59.6 cm³/mol. The van der Waals surface area contributed by atoms with Gasteiger partial charge >= 0.3 is 0 Å². The Morgan fingerprint density at radius 3 is 2.64 bits per heavy atom. The molecule has 4 heteroatoms. The van der Waals surface area contributed by atoms with Crippen LogP contribution in [0.4, 0.5) is 0 Å². The molecule has 0 atom stereocenters. The molecule has 0 radical (unpaired) electrons. The smallest absolute Gasteiger partial charge is 0.131 e. The lowest BCUT2D eigenvalue weighted by Gasteiger charge is -2.06. The number of halogens is 1. The maximum absolute atomic E-state index is 6.21. The van der Waals surface area contributed by atoms with Gasteiger partial charge in [-0.25, -0.2) is 0 Å². The van der Waals surface area contributed by atoms with Crippen LogP contribution in [0.3, 0.4) is 0 Å². The SMILES string of the molecule is CNCc1c(C)nn(CC(C)C)c1Cl. The van der Waals surface area contributed by atoms with Crippen molar-refractivity contribution in [3.63, 3.8) is 0 Å². The highest BCUT2D eigenvalue weighted by molar-refractivity contribution is 6.30. The van der Waals surface area contributed by atoms with E-state index in [-0.39, 0.29) is 0 Å². The summed E-state index contributed by atoms with van der Waals surface area (Å²) >= 11 is 6.21. The summed E-state index contributed by atoms with van der Waals surface area (Å²) in [6, 6.07) is 0. The van der Waals surface area contributed by atoms with Crippen molar-refractivity contribution >= 4 is 11.6 Å². The fraction of sp³-hybridized carbons (Fsp3) is 0.700. The lowest BCUT2D eigenvalue weighted by atomic mass is 10.2. The molecule has 0 saturated carbocycles. The molecular formula is C10H18ClN3. The number of rotatable bonds is 4. The minimum atomic E-state index is 0.564. The minimum Gasteiger partial charge on any atom is -0.316 e. The number of hydrogen-bond acceptors (Lipinski definition) is 2. The molecule has 14 heavy (non-hydrogen) atoms. The van der Waals surface area contributed by atoms with Crippen molar-refractivity contribution in [3.05, 3.63) is 16.4 Å². The molecule has 0 saturated heterocycles. The highest BCUT2D eigenvalue weighted by atomic mass is 35.5. The number of aromatic nitrogens is 2. The van der Waals surface area contributed by atoms with Crippen LogP contribution in [0.25, 0.3) is 0 Å². The summed E-state index contributed by atoms with van der Waals surface area (Å²) in [4.78, 5) is 0. The van der Waals surface area contributed by atoms with Gasteiger partial charge in [0.15, 0.2) is 0 Å². The van der Waals surface area contributed by atoms with E-state index >= 15 is 0 Å². The molecule has 0 spiro atoms. The summed E-state index contributed by atoms with van der Waals surface area (Å²) in [6.45, 7) is 7.97. The Bertz CT molecular complexity index is 305. The van der Waals surface area contributed by atoms with E-state index in [0.717, 1.165) is 29.5 Å². The van der Waals surface area contributed by atoms with Gasteiger partial charge in [-0.2, -0.15) is 5.10 Å². The summed E-state index contributed by atoms with van der Waals surface area (Å²) in [5, 5.41) is 8.28. The van der Waals surface area contributed by atoms with Gasteiger partial charge in [0.05, 0.1) is 5.69 Å². The molecule has 1 N–H and O–H groups in total. The molecule has 0 aliphatic heterocycles. The molecule has 3 nitrogen and oxygen atoms in total. The lowest BCUT2D eigenvalue weighted by molar-refractivity contribution is 0.481. The number of aryl methyl sites for hydroxylation is 1. The van der Waals surface area contributed by atoms with Crippen LogP contribution in [0.1, 0.15) is 25.1 Å². The average Bonchev–Trinajstić information content (AvgIpc) is 2.32. The molecule has 0 aromatic carbocycles. The van der Waals surface area contributed by atoms with E-state index in [9.17, 15) is 0 Å². The van der Waals surface area contributed by atoms with Gasteiger partial charge in [-0.3, -0.25) is 4.68 Å².